The molecule has 2 heterocycles. The number of nitrogens with zero attached hydrogens (tertiary/aromatic N) is 1. The van der Waals surface area contributed by atoms with Crippen LogP contribution in [0.5, 0.6) is 0 Å². The zero-order valence-electron chi connectivity index (χ0n) is 17.4. The maximum atomic E-state index is 7.86. The molecule has 7 heteroatoms. The second kappa shape index (κ2) is 10.7. The summed E-state index contributed by atoms with van der Waals surface area (Å²) in [6.07, 6.45) is 1.31. The van der Waals surface area contributed by atoms with Gasteiger partial charge < -0.3 is 27.9 Å². The lowest BCUT2D eigenvalue weighted by Gasteiger charge is -2.30. The first-order valence-electron chi connectivity index (χ1n) is 10.4. The van der Waals surface area contributed by atoms with Crippen LogP contribution in [0, 0.1) is 12.5 Å². The van der Waals surface area contributed by atoms with Crippen LogP contribution in [0.25, 0.3) is 4.85 Å². The van der Waals surface area contributed by atoms with Gasteiger partial charge >= 0.3 is 8.60 Å². The van der Waals surface area contributed by atoms with E-state index in [0.717, 1.165) is 12.8 Å². The molecule has 0 radical (unpaired) electrons. The summed E-state index contributed by atoms with van der Waals surface area (Å²) in [5, 5.41) is 0. The van der Waals surface area contributed by atoms with E-state index in [1.54, 1.807) is 0 Å². The molecule has 6 nitrogen and oxygen atoms in total. The van der Waals surface area contributed by atoms with Gasteiger partial charge in [0, 0.05) is 14.5 Å². The predicted molar refractivity (Wildman–Crippen MR) is 92.5 cm³/mol. The molecular weight excluding hydrogens is 329 g/mol. The van der Waals surface area contributed by atoms with E-state index in [2.05, 4.69) is 18.7 Å². The van der Waals surface area contributed by atoms with Gasteiger partial charge in [-0.2, -0.15) is 0 Å². The first-order chi connectivity index (χ1) is 13.0. The molecule has 0 bridgehead atoms. The van der Waals surface area contributed by atoms with Crippen LogP contribution in [0.4, 0.5) is 0 Å². The highest BCUT2D eigenvalue weighted by molar-refractivity contribution is 7.41. The maximum absolute atomic E-state index is 7.86. The topological polar surface area (TPSA) is 50.5 Å². The molecule has 2 rings (SSSR count). The third kappa shape index (κ3) is 5.91. The van der Waals surface area contributed by atoms with Crippen molar-refractivity contribution < 1.29 is 27.2 Å². The Morgan fingerprint density at radius 3 is 2.96 bits per heavy atom. The lowest BCUT2D eigenvalue weighted by molar-refractivity contribution is -0.0257. The van der Waals surface area contributed by atoms with Crippen LogP contribution in [-0.2, 0) is 23.0 Å². The summed E-state index contributed by atoms with van der Waals surface area (Å²) in [6, 6.07) is 0. The average Bonchev–Trinajstić information content (AvgIpc) is 3.15. The van der Waals surface area contributed by atoms with Crippen molar-refractivity contribution in [3.63, 3.8) is 0 Å². The minimum atomic E-state index is -1.77. The normalized spacial score (nSPS) is 40.5. The summed E-state index contributed by atoms with van der Waals surface area (Å²) in [6.45, 7) is 10.2. The van der Waals surface area contributed by atoms with E-state index >= 15 is 0 Å². The molecule has 0 aromatic carbocycles. The first kappa shape index (κ1) is 15.9. The van der Waals surface area contributed by atoms with Gasteiger partial charge in [0.25, 0.3) is 0 Å². The van der Waals surface area contributed by atoms with Crippen LogP contribution in [0.15, 0.2) is 0 Å². The molecule has 0 aromatic heterocycles. The summed E-state index contributed by atoms with van der Waals surface area (Å²) in [5.41, 5.74) is 0. The number of hydrogen-bond donors (Lipinski definition) is 0. The van der Waals surface area contributed by atoms with Crippen molar-refractivity contribution in [2.75, 3.05) is 26.3 Å². The monoisotopic (exact) mass is 364 g/mol. The third-order valence-electron chi connectivity index (χ3n) is 4.08. The zero-order chi connectivity index (χ0) is 19.8. The molecule has 2 aliphatic heterocycles. The van der Waals surface area contributed by atoms with Gasteiger partial charge in [0.2, 0.25) is 6.54 Å². The molecule has 2 saturated heterocycles. The van der Waals surface area contributed by atoms with Crippen molar-refractivity contribution in [1.82, 2.24) is 0 Å². The Morgan fingerprint density at radius 2 is 2.29 bits per heavy atom. The van der Waals surface area contributed by atoms with Gasteiger partial charge in [0.15, 0.2) is 0 Å². The fourth-order valence-corrected chi connectivity index (χ4v) is 3.99. The van der Waals surface area contributed by atoms with E-state index in [9.17, 15) is 0 Å². The number of ether oxygens (including phenoxy) is 2. The summed E-state index contributed by atoms with van der Waals surface area (Å²) in [4.78, 5) is 3.29. The van der Waals surface area contributed by atoms with Crippen molar-refractivity contribution >= 4 is 8.60 Å². The average molecular weight is 364 g/mol. The maximum Gasteiger partial charge on any atom is 0.333 e. The molecule has 0 aromatic rings. The highest BCUT2D eigenvalue weighted by Crippen LogP contribution is 2.46. The van der Waals surface area contributed by atoms with E-state index in [1.807, 2.05) is 0 Å². The van der Waals surface area contributed by atoms with Gasteiger partial charge in [-0.3, -0.25) is 0 Å². The van der Waals surface area contributed by atoms with E-state index in [4.69, 9.17) is 33.7 Å². The molecule has 0 saturated carbocycles. The fraction of sp³-hybridized carbons (Fsp3) is 0.941. The van der Waals surface area contributed by atoms with Crippen molar-refractivity contribution in [3.05, 3.63) is 11.4 Å². The second-order valence-electron chi connectivity index (χ2n) is 6.07. The molecule has 0 amide bonds. The second-order valence-corrected chi connectivity index (χ2v) is 7.20. The highest BCUT2D eigenvalue weighted by Gasteiger charge is 2.37. The zero-order valence-corrected chi connectivity index (χ0v) is 15.3. The summed E-state index contributed by atoms with van der Waals surface area (Å²) >= 11 is 0. The molecule has 24 heavy (non-hydrogen) atoms. The summed E-state index contributed by atoms with van der Waals surface area (Å²) < 4.78 is 52.2. The van der Waals surface area contributed by atoms with Crippen LogP contribution >= 0.6 is 8.60 Å². The Hall–Kier alpha value is -0.280. The van der Waals surface area contributed by atoms with Gasteiger partial charge in [-0.05, 0) is 32.1 Å². The largest absolute Gasteiger partial charge is 0.376 e. The fourth-order valence-electron chi connectivity index (χ4n) is 2.69. The van der Waals surface area contributed by atoms with E-state index in [0.29, 0.717) is 12.8 Å². The molecule has 8 atom stereocenters. The van der Waals surface area contributed by atoms with E-state index in [1.165, 1.54) is 0 Å². The van der Waals surface area contributed by atoms with Gasteiger partial charge in [-0.15, -0.1) is 0 Å². The molecular formula is C17H30NO5P. The summed E-state index contributed by atoms with van der Waals surface area (Å²) in [7, 11) is -1.77. The standard InChI is InChI=1S/C17H30NO5P/c1-5-6-16(17-13(2)7-10-20-17)23-24(21-12-9-18-4)22-15-8-11-19-14(15)3/h13-17H,5-12H2,1-3H3/t13-,14+,15-,16+,17-,24?/m0/s1/i3D,10T,11T/t10-,11-,13+,14-,15+,16-,17+,24?/m1. The molecule has 2 aliphatic rings. The Bertz CT molecular complexity index is 486. The van der Waals surface area contributed by atoms with Gasteiger partial charge in [-0.25, -0.2) is 6.57 Å². The Balaban J connectivity index is 2.03. The molecule has 138 valence electrons. The van der Waals surface area contributed by atoms with Crippen LogP contribution in [-0.4, -0.2) is 50.7 Å². The Labute approximate surface area is 151 Å². The first-order valence-corrected chi connectivity index (χ1v) is 9.62. The van der Waals surface area contributed by atoms with Crippen molar-refractivity contribution in [1.29, 1.82) is 0 Å². The van der Waals surface area contributed by atoms with Crippen LogP contribution in [0.1, 0.15) is 50.5 Å². The van der Waals surface area contributed by atoms with E-state index in [-0.39, 0.29) is 38.2 Å². The molecule has 0 spiro atoms. The van der Waals surface area contributed by atoms with Gasteiger partial charge in [-0.1, -0.05) is 20.3 Å². The van der Waals surface area contributed by atoms with Crippen molar-refractivity contribution in [2.24, 2.45) is 5.92 Å². The summed E-state index contributed by atoms with van der Waals surface area (Å²) in [5.74, 6) is 0.206. The number of hydrogen-bond acceptors (Lipinski definition) is 5. The minimum Gasteiger partial charge on any atom is -0.376 e. The highest BCUT2D eigenvalue weighted by atomic mass is 31.2. The lowest BCUT2D eigenvalue weighted by Crippen LogP contribution is -2.32. The van der Waals surface area contributed by atoms with Crippen LogP contribution in [0.2, 0.25) is 0 Å². The predicted octanol–water partition coefficient (Wildman–Crippen LogP) is 3.95. The molecule has 0 aliphatic carbocycles. The molecule has 2 fully saturated rings. The number of rotatable bonds is 10. The molecule has 0 N–H and O–H groups in total. The smallest absolute Gasteiger partial charge is 0.333 e. The SMILES string of the molecule is [2H]C[C@H]1O[C@H]([3H])C[C@@H]1OP(OCC[N+]#[C-])O[C@H](CCC)[C@H]1O[C@H]([3H])C[C@@H]1C. The van der Waals surface area contributed by atoms with Gasteiger partial charge in [0.05, 0.1) is 27.2 Å². The quantitative estimate of drug-likeness (QED) is 0.334. The Kier molecular flexibility index (Phi) is 7.07. The van der Waals surface area contributed by atoms with Crippen molar-refractivity contribution in [2.45, 2.75) is 70.8 Å². The Morgan fingerprint density at radius 1 is 1.46 bits per heavy atom. The minimum absolute atomic E-state index is 0.00690. The lowest BCUT2D eigenvalue weighted by atomic mass is 9.97. The van der Waals surface area contributed by atoms with Gasteiger partial charge in [0.1, 0.15) is 6.61 Å². The van der Waals surface area contributed by atoms with Crippen LogP contribution < -0.4 is 0 Å². The van der Waals surface area contributed by atoms with Crippen molar-refractivity contribution in [3.8, 4) is 0 Å². The third-order valence-corrected chi connectivity index (χ3v) is 5.36. The van der Waals surface area contributed by atoms with E-state index < -0.39 is 34.0 Å². The molecule has 1 unspecified atom stereocenters. The van der Waals surface area contributed by atoms with Crippen LogP contribution in [0.3, 0.4) is 0 Å².